The molecule has 0 aromatic heterocycles. The summed E-state index contributed by atoms with van der Waals surface area (Å²) in [5.74, 6) is 0.585. The van der Waals surface area contributed by atoms with E-state index in [-0.39, 0.29) is 70.8 Å². The number of fused-ring (bicyclic) bond motifs is 7. The number of carboxylic acid groups (broad SMARTS) is 1. The van der Waals surface area contributed by atoms with Crippen LogP contribution < -0.4 is 10.6 Å². The van der Waals surface area contributed by atoms with Gasteiger partial charge in [-0.1, -0.05) is 81.9 Å². The van der Waals surface area contributed by atoms with Crippen LogP contribution in [0.4, 0.5) is 0 Å². The molecule has 7 heteroatoms. The van der Waals surface area contributed by atoms with Gasteiger partial charge >= 0.3 is 5.97 Å². The largest absolute Gasteiger partial charge is 0.480 e. The van der Waals surface area contributed by atoms with Crippen molar-refractivity contribution in [1.82, 2.24) is 10.6 Å². The standard InChI is InChI=1S/C42H68N2O5.CH4/c1-23(2)25-14-19-42(36(49)43-30-22-27(37(30,5)6)34(46)44-33(24(3)4)35(47)48)21-20-40(10)26(32(25)42)12-13-29-39(9)17-16-31(45)38(7,8)28(39)15-18-41(29,40)11;/h24-33,45H,1,12-22H2,2-11H3,(H,43,49)(H,44,46)(H,47,48);1H4/t25-,26?,27+,28-,29+,30?,31-,32+,33-,39-,40+,41+,42-;/m0./s1. The van der Waals surface area contributed by atoms with E-state index in [1.165, 1.54) is 24.8 Å². The number of amides is 2. The molecule has 2 amide bonds. The molecule has 6 aliphatic rings. The third-order valence-corrected chi connectivity index (χ3v) is 17.6. The number of aliphatic hydroxyl groups excluding tert-OH is 1. The Morgan fingerprint density at radius 3 is 2.04 bits per heavy atom. The molecule has 0 saturated heterocycles. The second-order valence-electron chi connectivity index (χ2n) is 20.4. The minimum absolute atomic E-state index is 0. The Bertz CT molecular complexity index is 1390. The van der Waals surface area contributed by atoms with Gasteiger partial charge in [-0.25, -0.2) is 4.79 Å². The average molecular weight is 697 g/mol. The van der Waals surface area contributed by atoms with Crippen molar-refractivity contribution in [2.75, 3.05) is 0 Å². The maximum Gasteiger partial charge on any atom is 0.326 e. The number of aliphatic carboxylic acids is 1. The minimum atomic E-state index is -1.01. The molecule has 7 nitrogen and oxygen atoms in total. The Morgan fingerprint density at radius 1 is 0.800 bits per heavy atom. The van der Waals surface area contributed by atoms with Gasteiger partial charge in [-0.15, -0.1) is 0 Å². The fraction of sp³-hybridized carbons (Fsp3) is 0.884. The molecule has 0 spiro atoms. The zero-order valence-corrected chi connectivity index (χ0v) is 32.4. The molecule has 0 aliphatic heterocycles. The molecule has 13 atom stereocenters. The van der Waals surface area contributed by atoms with Crippen molar-refractivity contribution in [3.05, 3.63) is 12.2 Å². The van der Waals surface area contributed by atoms with Crippen LogP contribution in [-0.2, 0) is 14.4 Å². The zero-order valence-electron chi connectivity index (χ0n) is 32.4. The molecule has 0 heterocycles. The fourth-order valence-corrected chi connectivity index (χ4v) is 14.2. The van der Waals surface area contributed by atoms with E-state index in [0.717, 1.165) is 44.9 Å². The molecule has 0 aromatic rings. The number of carbonyl (C=O) groups is 3. The van der Waals surface area contributed by atoms with Gasteiger partial charge in [0.1, 0.15) is 6.04 Å². The monoisotopic (exact) mass is 697 g/mol. The summed E-state index contributed by atoms with van der Waals surface area (Å²) in [5.41, 5.74) is 0.791. The lowest BCUT2D eigenvalue weighted by atomic mass is 9.32. The van der Waals surface area contributed by atoms with Crippen LogP contribution in [0.5, 0.6) is 0 Å². The zero-order chi connectivity index (χ0) is 36.3. The van der Waals surface area contributed by atoms with E-state index >= 15 is 0 Å². The van der Waals surface area contributed by atoms with Crippen molar-refractivity contribution >= 4 is 17.8 Å². The van der Waals surface area contributed by atoms with Crippen LogP contribution in [0.15, 0.2) is 12.2 Å². The summed E-state index contributed by atoms with van der Waals surface area (Å²) < 4.78 is 0. The molecular formula is C43H72N2O5. The van der Waals surface area contributed by atoms with Crippen molar-refractivity contribution in [3.63, 3.8) is 0 Å². The van der Waals surface area contributed by atoms with Crippen molar-refractivity contribution in [1.29, 1.82) is 0 Å². The predicted octanol–water partition coefficient (Wildman–Crippen LogP) is 8.40. The van der Waals surface area contributed by atoms with Crippen molar-refractivity contribution in [3.8, 4) is 0 Å². The molecular weight excluding hydrogens is 624 g/mol. The molecule has 0 radical (unpaired) electrons. The summed E-state index contributed by atoms with van der Waals surface area (Å²) in [6.45, 7) is 26.8. The van der Waals surface area contributed by atoms with Crippen LogP contribution in [0.25, 0.3) is 0 Å². The van der Waals surface area contributed by atoms with Crippen LogP contribution in [0.3, 0.4) is 0 Å². The minimum Gasteiger partial charge on any atom is -0.480 e. The van der Waals surface area contributed by atoms with Crippen LogP contribution in [-0.4, -0.2) is 46.2 Å². The topological polar surface area (TPSA) is 116 Å². The number of allylic oxidation sites excluding steroid dienone is 1. The summed E-state index contributed by atoms with van der Waals surface area (Å²) in [7, 11) is 0. The molecule has 0 aromatic carbocycles. The highest BCUT2D eigenvalue weighted by Crippen LogP contribution is 2.77. The number of carboxylic acids is 1. The summed E-state index contributed by atoms with van der Waals surface area (Å²) in [4.78, 5) is 39.9. The lowest BCUT2D eigenvalue weighted by molar-refractivity contribution is -0.246. The lowest BCUT2D eigenvalue weighted by Crippen LogP contribution is -2.68. The van der Waals surface area contributed by atoms with Gasteiger partial charge in [0.2, 0.25) is 11.8 Å². The smallest absolute Gasteiger partial charge is 0.326 e. The third-order valence-electron chi connectivity index (χ3n) is 17.6. The molecule has 6 rings (SSSR count). The van der Waals surface area contributed by atoms with Gasteiger partial charge in [-0.05, 0) is 140 Å². The number of aliphatic hydroxyl groups is 1. The van der Waals surface area contributed by atoms with E-state index < -0.39 is 22.8 Å². The number of rotatable bonds is 7. The van der Waals surface area contributed by atoms with Crippen LogP contribution in [0.2, 0.25) is 0 Å². The maximum absolute atomic E-state index is 14.8. The lowest BCUT2D eigenvalue weighted by Gasteiger charge is -2.72. The Labute approximate surface area is 304 Å². The Balaban J connectivity index is 0.00000486. The molecule has 6 saturated carbocycles. The summed E-state index contributed by atoms with van der Waals surface area (Å²) in [6.07, 6.45) is 10.9. The molecule has 4 N–H and O–H groups in total. The van der Waals surface area contributed by atoms with Gasteiger partial charge in [0.15, 0.2) is 0 Å². The Morgan fingerprint density at radius 2 is 1.46 bits per heavy atom. The Hall–Kier alpha value is -1.89. The second kappa shape index (κ2) is 12.6. The Kier molecular flexibility index (Phi) is 9.92. The predicted molar refractivity (Wildman–Crippen MR) is 200 cm³/mol. The van der Waals surface area contributed by atoms with E-state index in [1.54, 1.807) is 13.8 Å². The first-order valence-corrected chi connectivity index (χ1v) is 19.8. The average Bonchev–Trinajstić information content (AvgIpc) is 3.41. The van der Waals surface area contributed by atoms with Crippen molar-refractivity contribution < 1.29 is 24.6 Å². The van der Waals surface area contributed by atoms with Gasteiger partial charge in [0, 0.05) is 12.0 Å². The molecule has 6 aliphatic carbocycles. The summed E-state index contributed by atoms with van der Waals surface area (Å²) in [6, 6.07) is -1.05. The van der Waals surface area contributed by atoms with Crippen molar-refractivity contribution in [2.24, 2.45) is 73.9 Å². The fourth-order valence-electron chi connectivity index (χ4n) is 14.2. The number of hydrogen-bond acceptors (Lipinski definition) is 4. The first-order valence-electron chi connectivity index (χ1n) is 19.8. The first kappa shape index (κ1) is 39.3. The number of carbonyl (C=O) groups excluding carboxylic acids is 2. The van der Waals surface area contributed by atoms with Crippen LogP contribution in [0, 0.1) is 73.9 Å². The van der Waals surface area contributed by atoms with E-state index in [2.05, 4.69) is 58.8 Å². The van der Waals surface area contributed by atoms with Gasteiger partial charge in [0.05, 0.1) is 11.5 Å². The van der Waals surface area contributed by atoms with Gasteiger partial charge in [-0.3, -0.25) is 9.59 Å². The second-order valence-corrected chi connectivity index (χ2v) is 20.4. The molecule has 0 bridgehead atoms. The maximum atomic E-state index is 14.8. The SMILES string of the molecule is C.C=C(C)[C@@H]1CC[C@]2(C(=O)NC3C[C@H](C(=O)N[C@H](C(=O)O)C(C)C)C3(C)C)CC[C@]3(C)C(CC[C@@H]4[C@@]5(C)CC[C@H](O)C(C)(C)[C@@H]5CC[C@]43C)[C@@H]12. The van der Waals surface area contributed by atoms with E-state index in [4.69, 9.17) is 0 Å². The van der Waals surface area contributed by atoms with Gasteiger partial charge in [0.25, 0.3) is 0 Å². The molecule has 50 heavy (non-hydrogen) atoms. The first-order chi connectivity index (χ1) is 22.6. The van der Waals surface area contributed by atoms with Crippen molar-refractivity contribution in [2.45, 2.75) is 165 Å². The number of nitrogens with one attached hydrogen (secondary N) is 2. The highest BCUT2D eigenvalue weighted by molar-refractivity contribution is 5.88. The molecule has 2 unspecified atom stereocenters. The third kappa shape index (κ3) is 5.30. The molecule has 6 fully saturated rings. The normalized spacial score (nSPS) is 46.0. The van der Waals surface area contributed by atoms with E-state index in [9.17, 15) is 24.6 Å². The van der Waals surface area contributed by atoms with E-state index in [1.807, 2.05) is 13.8 Å². The van der Waals surface area contributed by atoms with Crippen LogP contribution in [0.1, 0.15) is 147 Å². The summed E-state index contributed by atoms with van der Waals surface area (Å²) >= 11 is 0. The highest BCUT2D eigenvalue weighted by atomic mass is 16.4. The van der Waals surface area contributed by atoms with Gasteiger partial charge < -0.3 is 20.8 Å². The quantitative estimate of drug-likeness (QED) is 0.200. The van der Waals surface area contributed by atoms with Gasteiger partial charge in [-0.2, -0.15) is 0 Å². The molecule has 284 valence electrons. The summed E-state index contributed by atoms with van der Waals surface area (Å²) in [5, 5.41) is 27.0. The van der Waals surface area contributed by atoms with Crippen LogP contribution >= 0.6 is 0 Å². The number of hydrogen-bond donors (Lipinski definition) is 4. The van der Waals surface area contributed by atoms with E-state index in [0.29, 0.717) is 30.1 Å². The highest BCUT2D eigenvalue weighted by Gasteiger charge is 2.72.